The molecule has 0 spiro atoms. The fourth-order valence-corrected chi connectivity index (χ4v) is 1.63. The molecular weight excluding hydrogens is 230 g/mol. The summed E-state index contributed by atoms with van der Waals surface area (Å²) in [7, 11) is 1.33. The van der Waals surface area contributed by atoms with E-state index >= 15 is 0 Å². The molecule has 0 bridgehead atoms. The average Bonchev–Trinajstić information content (AvgIpc) is 2.39. The van der Waals surface area contributed by atoms with Gasteiger partial charge in [-0.1, -0.05) is 26.2 Å². The lowest BCUT2D eigenvalue weighted by molar-refractivity contribution is 0.0601. The summed E-state index contributed by atoms with van der Waals surface area (Å²) >= 11 is 0. The number of ether oxygens (including phenoxy) is 2. The highest BCUT2D eigenvalue weighted by molar-refractivity contribution is 5.95. The second-order valence-electron chi connectivity index (χ2n) is 4.15. The van der Waals surface area contributed by atoms with Gasteiger partial charge in [0.15, 0.2) is 0 Å². The minimum atomic E-state index is -0.441. The Hall–Kier alpha value is -1.71. The van der Waals surface area contributed by atoms with E-state index in [-0.39, 0.29) is 0 Å². The normalized spacial score (nSPS) is 10.1. The van der Waals surface area contributed by atoms with E-state index in [0.29, 0.717) is 23.6 Å². The van der Waals surface area contributed by atoms with Crippen molar-refractivity contribution < 1.29 is 14.3 Å². The van der Waals surface area contributed by atoms with Crippen molar-refractivity contribution in [3.63, 3.8) is 0 Å². The Balaban J connectivity index is 2.54. The second kappa shape index (κ2) is 7.58. The molecule has 1 aromatic carbocycles. The van der Waals surface area contributed by atoms with Crippen LogP contribution in [0.3, 0.4) is 0 Å². The summed E-state index contributed by atoms with van der Waals surface area (Å²) in [5, 5.41) is 0. The molecule has 0 radical (unpaired) electrons. The Labute approximate surface area is 108 Å². The molecule has 0 aliphatic heterocycles. The highest BCUT2D eigenvalue weighted by Crippen LogP contribution is 2.20. The Bertz CT molecular complexity index is 391. The van der Waals surface area contributed by atoms with Crippen molar-refractivity contribution in [3.8, 4) is 5.75 Å². The molecule has 0 fully saturated rings. The maximum Gasteiger partial charge on any atom is 0.340 e. The first-order valence-corrected chi connectivity index (χ1v) is 6.29. The predicted octanol–water partition coefficient (Wildman–Crippen LogP) is 3.01. The third kappa shape index (κ3) is 4.28. The lowest BCUT2D eigenvalue weighted by Gasteiger charge is -2.09. The van der Waals surface area contributed by atoms with Gasteiger partial charge in [0.2, 0.25) is 0 Å². The van der Waals surface area contributed by atoms with Gasteiger partial charge in [0.1, 0.15) is 5.75 Å². The van der Waals surface area contributed by atoms with Crippen LogP contribution in [0.15, 0.2) is 18.2 Å². The maximum absolute atomic E-state index is 11.4. The van der Waals surface area contributed by atoms with Crippen molar-refractivity contribution in [2.75, 3.05) is 19.5 Å². The average molecular weight is 251 g/mol. The summed E-state index contributed by atoms with van der Waals surface area (Å²) in [6.45, 7) is 2.83. The van der Waals surface area contributed by atoms with Gasteiger partial charge >= 0.3 is 5.97 Å². The van der Waals surface area contributed by atoms with Crippen molar-refractivity contribution in [2.45, 2.75) is 32.6 Å². The third-order valence-corrected chi connectivity index (χ3v) is 2.70. The van der Waals surface area contributed by atoms with Gasteiger partial charge in [-0.2, -0.15) is 0 Å². The summed E-state index contributed by atoms with van der Waals surface area (Å²) < 4.78 is 10.2. The quantitative estimate of drug-likeness (QED) is 0.459. The van der Waals surface area contributed by atoms with E-state index in [0.717, 1.165) is 12.8 Å². The van der Waals surface area contributed by atoms with Crippen LogP contribution in [-0.4, -0.2) is 19.7 Å². The molecule has 0 aliphatic rings. The zero-order chi connectivity index (χ0) is 13.4. The molecule has 0 atom stereocenters. The zero-order valence-corrected chi connectivity index (χ0v) is 11.1. The first-order chi connectivity index (χ1) is 8.69. The number of hydrogen-bond acceptors (Lipinski definition) is 4. The van der Waals surface area contributed by atoms with Crippen molar-refractivity contribution in [1.82, 2.24) is 0 Å². The first-order valence-electron chi connectivity index (χ1n) is 6.29. The lowest BCUT2D eigenvalue weighted by atomic mass is 10.1. The molecule has 0 unspecified atom stereocenters. The van der Waals surface area contributed by atoms with E-state index < -0.39 is 5.97 Å². The largest absolute Gasteiger partial charge is 0.494 e. The SMILES string of the molecule is CCCCCCOc1ccc(N)c(C(=O)OC)c1. The summed E-state index contributed by atoms with van der Waals surface area (Å²) in [5.41, 5.74) is 6.46. The standard InChI is InChI=1S/C14H21NO3/c1-3-4-5-6-9-18-11-7-8-13(15)12(10-11)14(16)17-2/h7-8,10H,3-6,9,15H2,1-2H3. The lowest BCUT2D eigenvalue weighted by Crippen LogP contribution is -2.06. The highest BCUT2D eigenvalue weighted by Gasteiger charge is 2.10. The molecule has 0 aromatic heterocycles. The van der Waals surface area contributed by atoms with E-state index in [1.165, 1.54) is 20.0 Å². The van der Waals surface area contributed by atoms with E-state index in [2.05, 4.69) is 11.7 Å². The van der Waals surface area contributed by atoms with Crippen molar-refractivity contribution in [1.29, 1.82) is 0 Å². The van der Waals surface area contributed by atoms with Gasteiger partial charge in [-0.25, -0.2) is 4.79 Å². The fourth-order valence-electron chi connectivity index (χ4n) is 1.63. The number of esters is 1. The molecule has 4 nitrogen and oxygen atoms in total. The van der Waals surface area contributed by atoms with Gasteiger partial charge < -0.3 is 15.2 Å². The van der Waals surface area contributed by atoms with Crippen LogP contribution < -0.4 is 10.5 Å². The minimum absolute atomic E-state index is 0.351. The topological polar surface area (TPSA) is 61.5 Å². The van der Waals surface area contributed by atoms with E-state index in [4.69, 9.17) is 10.5 Å². The Morgan fingerprint density at radius 1 is 1.28 bits per heavy atom. The van der Waals surface area contributed by atoms with E-state index in [1.54, 1.807) is 18.2 Å². The Kier molecular flexibility index (Phi) is 6.05. The molecule has 4 heteroatoms. The summed E-state index contributed by atoms with van der Waals surface area (Å²) in [6.07, 6.45) is 4.61. The van der Waals surface area contributed by atoms with Crippen LogP contribution in [0.25, 0.3) is 0 Å². The van der Waals surface area contributed by atoms with Crippen LogP contribution in [0, 0.1) is 0 Å². The maximum atomic E-state index is 11.4. The van der Waals surface area contributed by atoms with Crippen LogP contribution in [0.2, 0.25) is 0 Å². The van der Waals surface area contributed by atoms with Gasteiger partial charge in [0.05, 0.1) is 19.3 Å². The van der Waals surface area contributed by atoms with Crippen LogP contribution in [0.1, 0.15) is 43.0 Å². The number of carbonyl (C=O) groups is 1. The van der Waals surface area contributed by atoms with Gasteiger partial charge in [0, 0.05) is 5.69 Å². The van der Waals surface area contributed by atoms with Crippen molar-refractivity contribution >= 4 is 11.7 Å². The minimum Gasteiger partial charge on any atom is -0.494 e. The number of benzene rings is 1. The second-order valence-corrected chi connectivity index (χ2v) is 4.15. The van der Waals surface area contributed by atoms with E-state index in [9.17, 15) is 4.79 Å². The van der Waals surface area contributed by atoms with E-state index in [1.807, 2.05) is 0 Å². The predicted molar refractivity (Wildman–Crippen MR) is 71.8 cm³/mol. The van der Waals surface area contributed by atoms with Crippen LogP contribution >= 0.6 is 0 Å². The molecule has 0 heterocycles. The van der Waals surface area contributed by atoms with Crippen LogP contribution in [-0.2, 0) is 4.74 Å². The molecule has 0 amide bonds. The summed E-state index contributed by atoms with van der Waals surface area (Å²) in [4.78, 5) is 11.4. The number of unbranched alkanes of at least 4 members (excludes halogenated alkanes) is 3. The van der Waals surface area contributed by atoms with Gasteiger partial charge in [0.25, 0.3) is 0 Å². The zero-order valence-electron chi connectivity index (χ0n) is 11.1. The van der Waals surface area contributed by atoms with Crippen LogP contribution in [0.4, 0.5) is 5.69 Å². The first kappa shape index (κ1) is 14.4. The summed E-state index contributed by atoms with van der Waals surface area (Å²) in [6, 6.07) is 5.05. The fraction of sp³-hybridized carbons (Fsp3) is 0.500. The molecular formula is C14H21NO3. The van der Waals surface area contributed by atoms with Gasteiger partial charge in [-0.3, -0.25) is 0 Å². The highest BCUT2D eigenvalue weighted by atomic mass is 16.5. The Morgan fingerprint density at radius 2 is 2.06 bits per heavy atom. The monoisotopic (exact) mass is 251 g/mol. The molecule has 0 saturated carbocycles. The third-order valence-electron chi connectivity index (χ3n) is 2.70. The number of methoxy groups -OCH3 is 1. The molecule has 18 heavy (non-hydrogen) atoms. The number of carbonyl (C=O) groups excluding carboxylic acids is 1. The van der Waals surface area contributed by atoms with Gasteiger partial charge in [-0.05, 0) is 24.6 Å². The number of nitrogens with two attached hydrogens (primary N) is 1. The molecule has 2 N–H and O–H groups in total. The van der Waals surface area contributed by atoms with Crippen LogP contribution in [0.5, 0.6) is 5.75 Å². The molecule has 0 saturated heterocycles. The smallest absolute Gasteiger partial charge is 0.340 e. The molecule has 0 aliphatic carbocycles. The summed E-state index contributed by atoms with van der Waals surface area (Å²) in [5.74, 6) is 0.213. The number of nitrogen functional groups attached to an aromatic ring is 1. The molecule has 1 aromatic rings. The molecule has 100 valence electrons. The number of anilines is 1. The van der Waals surface area contributed by atoms with Crippen molar-refractivity contribution in [3.05, 3.63) is 23.8 Å². The number of hydrogen-bond donors (Lipinski definition) is 1. The Morgan fingerprint density at radius 3 is 2.72 bits per heavy atom. The van der Waals surface area contributed by atoms with Gasteiger partial charge in [-0.15, -0.1) is 0 Å². The van der Waals surface area contributed by atoms with Crippen molar-refractivity contribution in [2.24, 2.45) is 0 Å². The molecule has 1 rings (SSSR count). The number of rotatable bonds is 7.